The number of nitrogens with one attached hydrogen (secondary N) is 4. The number of carbonyl (C=O) groups excluding carboxylic acids is 6. The van der Waals surface area contributed by atoms with Crippen molar-refractivity contribution in [1.82, 2.24) is 21.3 Å². The lowest BCUT2D eigenvalue weighted by Crippen LogP contribution is -2.51. The maximum atomic E-state index is 13.8. The van der Waals surface area contributed by atoms with Gasteiger partial charge in [0, 0.05) is 36.9 Å². The summed E-state index contributed by atoms with van der Waals surface area (Å²) in [6, 6.07) is 11.2. The van der Waals surface area contributed by atoms with Crippen LogP contribution in [0.3, 0.4) is 0 Å². The summed E-state index contributed by atoms with van der Waals surface area (Å²) in [6.45, 7) is 15.2. The first kappa shape index (κ1) is 49.7. The predicted molar refractivity (Wildman–Crippen MR) is 228 cm³/mol. The van der Waals surface area contributed by atoms with Crippen molar-refractivity contribution in [2.45, 2.75) is 123 Å². The number of cyclic esters (lactones) is 2. The van der Waals surface area contributed by atoms with Gasteiger partial charge in [-0.05, 0) is 88.3 Å². The molecular weight excluding hydrogens is 815 g/mol. The number of esters is 2. The molecule has 2 aromatic rings. The molecule has 330 valence electrons. The summed E-state index contributed by atoms with van der Waals surface area (Å²) in [4.78, 5) is 78.3. The number of aryl methyl sites for hydroxylation is 1. The Kier molecular flexibility index (Phi) is 18.4. The first-order valence-corrected chi connectivity index (χ1v) is 20.8. The van der Waals surface area contributed by atoms with Crippen molar-refractivity contribution in [3.63, 3.8) is 0 Å². The second kappa shape index (κ2) is 22.3. The monoisotopic (exact) mass is 874 g/mol. The highest BCUT2D eigenvalue weighted by Crippen LogP contribution is 2.32. The average Bonchev–Trinajstić information content (AvgIpc) is 3.16. The zero-order valence-corrected chi connectivity index (χ0v) is 37.4. The van der Waals surface area contributed by atoms with Crippen LogP contribution >= 0.6 is 23.2 Å². The molecule has 5 N–H and O–H groups in total. The minimum atomic E-state index is -1.30. The second-order valence-corrected chi connectivity index (χ2v) is 18.1. The van der Waals surface area contributed by atoms with Gasteiger partial charge in [0.1, 0.15) is 24.3 Å². The Morgan fingerprint density at radius 2 is 1.65 bits per heavy atom. The molecule has 60 heavy (non-hydrogen) atoms. The number of carbonyl (C=O) groups is 6. The van der Waals surface area contributed by atoms with Gasteiger partial charge in [-0.3, -0.25) is 19.2 Å². The highest BCUT2D eigenvalue weighted by Gasteiger charge is 2.38. The minimum Gasteiger partial charge on any atom is -0.459 e. The van der Waals surface area contributed by atoms with Crippen LogP contribution in [0.25, 0.3) is 0 Å². The summed E-state index contributed by atoms with van der Waals surface area (Å²) in [5.74, 6) is -4.02. The maximum absolute atomic E-state index is 13.8. The van der Waals surface area contributed by atoms with Gasteiger partial charge >= 0.3 is 18.0 Å². The molecule has 0 unspecified atom stereocenters. The number of rotatable bonds is 12. The predicted octanol–water partition coefficient (Wildman–Crippen LogP) is 5.77. The molecule has 6 atom stereocenters. The van der Waals surface area contributed by atoms with E-state index in [-0.39, 0.29) is 44.8 Å². The van der Waals surface area contributed by atoms with Crippen LogP contribution in [0.15, 0.2) is 54.6 Å². The number of hydrogen-bond donors (Lipinski definition) is 5. The number of hydrogen-bond acceptors (Lipinski definition) is 10. The fourth-order valence-corrected chi connectivity index (χ4v) is 6.56. The average molecular weight is 876 g/mol. The van der Waals surface area contributed by atoms with Gasteiger partial charge in [-0.15, -0.1) is 11.6 Å². The van der Waals surface area contributed by atoms with E-state index in [4.69, 9.17) is 37.4 Å². The zero-order valence-electron chi connectivity index (χ0n) is 35.9. The van der Waals surface area contributed by atoms with Crippen LogP contribution < -0.4 is 21.3 Å². The molecule has 0 radical (unpaired) electrons. The number of alkyl halides is 1. The molecule has 4 amide bonds. The van der Waals surface area contributed by atoms with Crippen LogP contribution in [0, 0.1) is 24.2 Å². The number of alkyl carbamates (subject to hydrolysis) is 1. The summed E-state index contributed by atoms with van der Waals surface area (Å²) in [5.41, 5.74) is 0.843. The number of aliphatic hydroxyl groups excluding tert-OH is 1. The van der Waals surface area contributed by atoms with Crippen LogP contribution in [0.5, 0.6) is 0 Å². The highest BCUT2D eigenvalue weighted by molar-refractivity contribution is 6.31. The molecule has 0 aliphatic carbocycles. The number of benzene rings is 2. The van der Waals surface area contributed by atoms with Crippen molar-refractivity contribution in [1.29, 1.82) is 0 Å². The first-order chi connectivity index (χ1) is 27.9. The third kappa shape index (κ3) is 16.1. The topological polar surface area (TPSA) is 198 Å². The molecule has 14 nitrogen and oxygen atoms in total. The maximum Gasteiger partial charge on any atom is 0.408 e. The van der Waals surface area contributed by atoms with Gasteiger partial charge in [0.15, 0.2) is 6.10 Å². The third-order valence-corrected chi connectivity index (χ3v) is 10.6. The quantitative estimate of drug-likeness (QED) is 0.0993. The molecule has 0 saturated carbocycles. The molecule has 1 aliphatic heterocycles. The van der Waals surface area contributed by atoms with E-state index in [9.17, 15) is 33.9 Å². The first-order valence-electron chi connectivity index (χ1n) is 20.0. The van der Waals surface area contributed by atoms with Crippen LogP contribution in [0.1, 0.15) is 95.9 Å². The van der Waals surface area contributed by atoms with Crippen molar-refractivity contribution in [3.8, 4) is 0 Å². The van der Waals surface area contributed by atoms with Gasteiger partial charge in [0.25, 0.3) is 0 Å². The van der Waals surface area contributed by atoms with Crippen molar-refractivity contribution in [3.05, 3.63) is 81.9 Å². The lowest BCUT2D eigenvalue weighted by atomic mass is 9.90. The Bertz CT molecular complexity index is 1860. The molecule has 2 aromatic carbocycles. The van der Waals surface area contributed by atoms with Crippen LogP contribution in [-0.2, 0) is 51.1 Å². The van der Waals surface area contributed by atoms with E-state index in [1.54, 1.807) is 71.9 Å². The van der Waals surface area contributed by atoms with E-state index in [0.717, 1.165) is 11.1 Å². The van der Waals surface area contributed by atoms with E-state index in [2.05, 4.69) is 21.3 Å². The summed E-state index contributed by atoms with van der Waals surface area (Å²) in [6.07, 6.45) is -1.41. The minimum absolute atomic E-state index is 0.0410. The van der Waals surface area contributed by atoms with Gasteiger partial charge < -0.3 is 40.6 Å². The molecule has 0 saturated heterocycles. The SMILES string of the molecule is Cc1ccc(C[C@H]2NC(=O)/C=C/C[C@@H]([C@H](C)[C@@H](O)[C@@H](Cl)c3ccc(CNC(=O)CNC(=O)OC(C)(C)C)cc3)OC(=O)[C@H](CC(C)C)OC(=O)C(C)(C)CNC2=O)cc1Cl. The van der Waals surface area contributed by atoms with Crippen molar-refractivity contribution >= 4 is 59.0 Å². The fraction of sp³-hybridized carbons (Fsp3) is 0.545. The van der Waals surface area contributed by atoms with Crippen molar-refractivity contribution < 1.29 is 48.1 Å². The molecule has 0 spiro atoms. The lowest BCUT2D eigenvalue weighted by Gasteiger charge is -2.32. The number of halogens is 2. The summed E-state index contributed by atoms with van der Waals surface area (Å²) >= 11 is 13.2. The van der Waals surface area contributed by atoms with Crippen molar-refractivity contribution in [2.75, 3.05) is 13.1 Å². The smallest absolute Gasteiger partial charge is 0.408 e. The second-order valence-electron chi connectivity index (χ2n) is 17.2. The summed E-state index contributed by atoms with van der Waals surface area (Å²) < 4.78 is 16.9. The Labute approximate surface area is 362 Å². The van der Waals surface area contributed by atoms with Gasteiger partial charge in [-0.1, -0.05) is 74.8 Å². The van der Waals surface area contributed by atoms with E-state index in [1.807, 2.05) is 32.9 Å². The molecule has 16 heteroatoms. The molecule has 1 heterocycles. The van der Waals surface area contributed by atoms with E-state index < -0.39 is 82.4 Å². The zero-order chi connectivity index (χ0) is 44.9. The standard InChI is InChI=1S/C44H60Cl2N4O10/c1-25(2)19-34-40(55)58-33(27(4)38(53)37(46)30-17-15-28(16-18-30)22-47-36(52)23-48-42(57)60-43(5,6)7)11-10-12-35(51)50-32(21-29-14-13-26(3)31(45)20-29)39(54)49-24-44(8,9)41(56)59-34/h10,12-18,20,25,27,32-34,37-38,53H,11,19,21-24H2,1-9H3,(H,47,52)(H,48,57)(H,49,54)(H,50,51)/b12-10+/t27-,32+,33-,34-,37-,38+/m0/s1. The Morgan fingerprint density at radius 3 is 2.27 bits per heavy atom. The van der Waals surface area contributed by atoms with Gasteiger partial charge in [-0.25, -0.2) is 9.59 Å². The number of ether oxygens (including phenoxy) is 3. The normalized spacial score (nSPS) is 21.3. The molecule has 3 rings (SSSR count). The number of aliphatic hydroxyl groups is 1. The Hall–Kier alpha value is -4.66. The molecule has 0 fully saturated rings. The lowest BCUT2D eigenvalue weighted by molar-refractivity contribution is -0.180. The highest BCUT2D eigenvalue weighted by atomic mass is 35.5. The summed E-state index contributed by atoms with van der Waals surface area (Å²) in [7, 11) is 0. The summed E-state index contributed by atoms with van der Waals surface area (Å²) in [5, 5.41) is 21.7. The third-order valence-electron chi connectivity index (χ3n) is 9.67. The van der Waals surface area contributed by atoms with Gasteiger partial charge in [0.05, 0.1) is 16.9 Å². The van der Waals surface area contributed by atoms with Crippen LogP contribution in [0.4, 0.5) is 4.79 Å². The van der Waals surface area contributed by atoms with Crippen molar-refractivity contribution in [2.24, 2.45) is 17.3 Å². The largest absolute Gasteiger partial charge is 0.459 e. The van der Waals surface area contributed by atoms with E-state index in [1.165, 1.54) is 12.2 Å². The van der Waals surface area contributed by atoms with Crippen LogP contribution in [-0.4, -0.2) is 83.9 Å². The van der Waals surface area contributed by atoms with Crippen LogP contribution in [0.2, 0.25) is 5.02 Å². The van der Waals surface area contributed by atoms with E-state index in [0.29, 0.717) is 16.1 Å². The molecule has 0 aromatic heterocycles. The Morgan fingerprint density at radius 1 is 1.00 bits per heavy atom. The molecule has 1 aliphatic rings. The van der Waals surface area contributed by atoms with E-state index >= 15 is 0 Å². The fourth-order valence-electron chi connectivity index (χ4n) is 5.98. The Balaban J connectivity index is 1.82. The van der Waals surface area contributed by atoms with Gasteiger partial charge in [0.2, 0.25) is 17.7 Å². The number of amides is 4. The molecular formula is C44H60Cl2N4O10. The van der Waals surface area contributed by atoms with Gasteiger partial charge in [-0.2, -0.15) is 0 Å². The molecule has 0 bridgehead atoms.